The van der Waals surface area contributed by atoms with Crippen LogP contribution in [0.15, 0.2) is 90.8 Å². The van der Waals surface area contributed by atoms with Crippen LogP contribution in [-0.2, 0) is 28.9 Å². The van der Waals surface area contributed by atoms with E-state index in [2.05, 4.69) is 41.4 Å². The fraction of sp³-hybridized carbons (Fsp3) is 0.412. The number of aromatic amines is 1. The highest BCUT2D eigenvalue weighted by Crippen LogP contribution is 2.51. The van der Waals surface area contributed by atoms with Crippen LogP contribution in [0, 0.1) is 11.8 Å². The number of aromatic nitrogens is 2. The molecule has 5 aromatic rings. The van der Waals surface area contributed by atoms with Crippen molar-refractivity contribution in [2.24, 2.45) is 11.8 Å². The lowest BCUT2D eigenvalue weighted by Crippen LogP contribution is -2.38. The number of fused-ring (bicyclic) bond motifs is 13. The van der Waals surface area contributed by atoms with E-state index in [9.17, 15) is 20.1 Å². The Hall–Kier alpha value is -5.54. The number of nitrogens with zero attached hydrogens (tertiary/aromatic N) is 2. The normalized spacial score (nSPS) is 23.1. The van der Waals surface area contributed by atoms with Gasteiger partial charge in [-0.05, 0) is 129 Å². The summed E-state index contributed by atoms with van der Waals surface area (Å²) >= 11 is 0. The van der Waals surface area contributed by atoms with Gasteiger partial charge in [-0.1, -0.05) is 90.2 Å². The standard InChI is InChI=1S/C51H55N3O6/c55-24-21-42-46(57)18-15-33-27-35(49(58)47(29-33)60-37-12-2-3-13-37)26-32-9-5-10-34(25-32)38-16-17-44(54-51-41(38)20-23-53-51)43-30-45-39(19-22-52-45)40(48(43)50(42)59)14-4-1-7-31-8-6-11-36(56)28-31/h5-6,8-11,19-20,22-23,25,27-30,37-38,40,42,44,48,53,55-56,58H,1-4,7,12-18,21,24,26H2/q-2. The minimum absolute atomic E-state index is 0.0386. The third-order valence-corrected chi connectivity index (χ3v) is 13.6. The molecule has 312 valence electrons. The number of H-pyrrole nitrogens is 1. The van der Waals surface area contributed by atoms with Crippen molar-refractivity contribution < 1.29 is 29.6 Å². The molecule has 5 atom stereocenters. The summed E-state index contributed by atoms with van der Waals surface area (Å²) in [6.45, 7) is -0.284. The van der Waals surface area contributed by atoms with Crippen LogP contribution in [0.2, 0.25) is 0 Å². The largest absolute Gasteiger partial charge is 0.664 e. The van der Waals surface area contributed by atoms with Gasteiger partial charge in [-0.25, -0.2) is 0 Å². The number of nitrogens with one attached hydrogen (secondary N) is 1. The minimum Gasteiger partial charge on any atom is -0.664 e. The molecule has 3 aromatic carbocycles. The Labute approximate surface area is 352 Å². The first kappa shape index (κ1) is 39.9. The molecule has 3 heterocycles. The number of ether oxygens (including phenoxy) is 1. The molecular weight excluding hydrogens is 751 g/mol. The molecule has 1 saturated carbocycles. The summed E-state index contributed by atoms with van der Waals surface area (Å²) in [6.07, 6.45) is 15.7. The van der Waals surface area contributed by atoms with Gasteiger partial charge in [0.1, 0.15) is 11.5 Å². The number of benzene rings is 3. The summed E-state index contributed by atoms with van der Waals surface area (Å²) in [7, 11) is 0. The molecule has 1 fully saturated rings. The molecule has 0 saturated heterocycles. The van der Waals surface area contributed by atoms with Crippen LogP contribution in [0.5, 0.6) is 17.2 Å². The maximum atomic E-state index is 15.4. The van der Waals surface area contributed by atoms with E-state index in [4.69, 9.17) is 15.0 Å². The van der Waals surface area contributed by atoms with Gasteiger partial charge in [-0.2, -0.15) is 6.20 Å². The average Bonchev–Trinajstić information content (AvgIpc) is 4.03. The van der Waals surface area contributed by atoms with Gasteiger partial charge < -0.3 is 35.3 Å². The van der Waals surface area contributed by atoms with Crippen LogP contribution >= 0.6 is 0 Å². The average molecular weight is 806 g/mol. The highest BCUT2D eigenvalue weighted by atomic mass is 16.5. The maximum absolute atomic E-state index is 15.4. The highest BCUT2D eigenvalue weighted by Gasteiger charge is 2.42. The molecule has 4 N–H and O–H groups in total. The number of aliphatic hydroxyl groups is 1. The second kappa shape index (κ2) is 17.6. The number of unbranched alkanes of at least 4 members (excludes halogenated alkanes) is 1. The number of carbonyl (C=O) groups excluding carboxylic acids is 2. The maximum Gasteiger partial charge on any atom is 0.161 e. The first-order valence-electron chi connectivity index (χ1n) is 22.1. The van der Waals surface area contributed by atoms with Gasteiger partial charge >= 0.3 is 0 Å². The lowest BCUT2D eigenvalue weighted by Gasteiger charge is -2.41. The zero-order chi connectivity index (χ0) is 41.2. The number of phenols is 2. The fourth-order valence-electron chi connectivity index (χ4n) is 10.6. The van der Waals surface area contributed by atoms with E-state index in [1.54, 1.807) is 12.1 Å². The molecule has 5 unspecified atom stereocenters. The molecule has 6 bridgehead atoms. The Morgan fingerprint density at radius 2 is 1.70 bits per heavy atom. The van der Waals surface area contributed by atoms with Crippen LogP contribution < -0.4 is 9.72 Å². The first-order valence-corrected chi connectivity index (χ1v) is 22.1. The summed E-state index contributed by atoms with van der Waals surface area (Å²) in [4.78, 5) is 38.2. The van der Waals surface area contributed by atoms with Crippen molar-refractivity contribution in [3.05, 3.63) is 141 Å². The van der Waals surface area contributed by atoms with Crippen molar-refractivity contribution in [2.45, 2.75) is 114 Å². The molecule has 0 amide bonds. The van der Waals surface area contributed by atoms with Gasteiger partial charge in [0.15, 0.2) is 17.3 Å². The molecule has 3 aliphatic carbocycles. The van der Waals surface area contributed by atoms with Crippen molar-refractivity contribution >= 4 is 23.5 Å². The van der Waals surface area contributed by atoms with E-state index in [1.807, 2.05) is 42.7 Å². The summed E-state index contributed by atoms with van der Waals surface area (Å²) in [5.41, 5.74) is 8.80. The molecule has 9 nitrogen and oxygen atoms in total. The number of ketones is 2. The van der Waals surface area contributed by atoms with E-state index in [0.29, 0.717) is 31.4 Å². The molecule has 2 aromatic heterocycles. The minimum atomic E-state index is -0.994. The molecule has 1 aliphatic heterocycles. The number of hydrogen-bond donors (Lipinski definition) is 4. The lowest BCUT2D eigenvalue weighted by atomic mass is 9.67. The highest BCUT2D eigenvalue weighted by molar-refractivity contribution is 6.05. The molecule has 9 rings (SSSR count). The van der Waals surface area contributed by atoms with Crippen molar-refractivity contribution in [2.75, 3.05) is 6.61 Å². The fourth-order valence-corrected chi connectivity index (χ4v) is 10.6. The molecule has 4 aliphatic rings. The SMILES string of the molecule is O=C1CCc2cc(c(O)c(OC3CCCC3)c2)Cc2cccc(c2)C2CCC([N-]c3[nH]ccc32)C2=Cc3[n-]ccc3C(CCCCc3cccc(O)c3)C2C(=O)C1CCO. The molecule has 0 spiro atoms. The van der Waals surface area contributed by atoms with Crippen molar-refractivity contribution in [1.29, 1.82) is 0 Å². The zero-order valence-corrected chi connectivity index (χ0v) is 34.2. The van der Waals surface area contributed by atoms with Crippen LogP contribution in [0.1, 0.15) is 127 Å². The van der Waals surface area contributed by atoms with Crippen LogP contribution in [-0.4, -0.2) is 50.6 Å². The Kier molecular flexibility index (Phi) is 11.7. The number of rotatable bonds is 9. The van der Waals surface area contributed by atoms with E-state index in [-0.39, 0.29) is 66.5 Å². The number of Topliss-reactive ketones (excluding diaryl/α,β-unsaturated/α-hetero) is 2. The predicted octanol–water partition coefficient (Wildman–Crippen LogP) is 9.89. The topological polar surface area (TPSA) is 148 Å². The molecule has 60 heavy (non-hydrogen) atoms. The Balaban J connectivity index is 1.12. The number of aliphatic hydroxyl groups excluding tert-OH is 1. The molecule has 0 radical (unpaired) electrons. The second-order valence-electron chi connectivity index (χ2n) is 17.5. The summed E-state index contributed by atoms with van der Waals surface area (Å²) in [5.74, 6) is -0.499. The zero-order valence-electron chi connectivity index (χ0n) is 34.2. The second-order valence-corrected chi connectivity index (χ2v) is 17.5. The van der Waals surface area contributed by atoms with Crippen LogP contribution in [0.4, 0.5) is 5.82 Å². The van der Waals surface area contributed by atoms with Gasteiger partial charge in [-0.15, -0.1) is 5.69 Å². The molecule has 9 heteroatoms. The summed E-state index contributed by atoms with van der Waals surface area (Å²) in [6, 6.07) is 23.7. The van der Waals surface area contributed by atoms with Crippen molar-refractivity contribution in [3.63, 3.8) is 0 Å². The first-order chi connectivity index (χ1) is 29.3. The van der Waals surface area contributed by atoms with Gasteiger partial charge in [0.05, 0.1) is 12.0 Å². The quantitative estimate of drug-likeness (QED) is 0.0856. The van der Waals surface area contributed by atoms with E-state index in [1.165, 1.54) is 5.56 Å². The Morgan fingerprint density at radius 3 is 2.55 bits per heavy atom. The Bertz CT molecular complexity index is 2370. The smallest absolute Gasteiger partial charge is 0.161 e. The summed E-state index contributed by atoms with van der Waals surface area (Å²) < 4.78 is 6.45. The predicted molar refractivity (Wildman–Crippen MR) is 232 cm³/mol. The van der Waals surface area contributed by atoms with Gasteiger partial charge in [0, 0.05) is 36.8 Å². The number of phenolic OH excluding ortho intramolecular Hbond substituents is 2. The number of carbonyl (C=O) groups is 2. The van der Waals surface area contributed by atoms with E-state index < -0.39 is 11.8 Å². The number of aromatic hydroxyl groups is 2. The Morgan fingerprint density at radius 1 is 0.833 bits per heavy atom. The molecular formula is C51H55N3O6-2. The van der Waals surface area contributed by atoms with E-state index in [0.717, 1.165) is 102 Å². The van der Waals surface area contributed by atoms with Gasteiger partial charge in [0.25, 0.3) is 0 Å². The van der Waals surface area contributed by atoms with Crippen molar-refractivity contribution in [3.8, 4) is 17.2 Å². The van der Waals surface area contributed by atoms with E-state index >= 15 is 4.79 Å². The van der Waals surface area contributed by atoms with Crippen LogP contribution in [0.25, 0.3) is 11.4 Å². The van der Waals surface area contributed by atoms with Crippen molar-refractivity contribution in [1.82, 2.24) is 9.97 Å². The third-order valence-electron chi connectivity index (χ3n) is 13.6. The third kappa shape index (κ3) is 8.29. The summed E-state index contributed by atoms with van der Waals surface area (Å²) in [5, 5.41) is 37.6. The number of aryl methyl sites for hydroxylation is 2. The lowest BCUT2D eigenvalue weighted by molar-refractivity contribution is -0.135. The van der Waals surface area contributed by atoms with Gasteiger partial charge in [0.2, 0.25) is 0 Å². The van der Waals surface area contributed by atoms with Gasteiger partial charge in [-0.3, -0.25) is 9.59 Å². The monoisotopic (exact) mass is 805 g/mol. The van der Waals surface area contributed by atoms with Crippen LogP contribution in [0.3, 0.4) is 0 Å². The number of hydrogen-bond acceptors (Lipinski definition) is 6.